The van der Waals surface area contributed by atoms with Crippen molar-refractivity contribution in [1.29, 1.82) is 0 Å². The minimum absolute atomic E-state index is 0.0251. The predicted octanol–water partition coefficient (Wildman–Crippen LogP) is 2.05. The Morgan fingerprint density at radius 2 is 2.33 bits per heavy atom. The molecule has 0 fully saturated rings. The second-order valence-corrected chi connectivity index (χ2v) is 2.97. The third kappa shape index (κ3) is 1.69. The average molecular weight is 255 g/mol. The van der Waals surface area contributed by atoms with Crippen molar-refractivity contribution >= 4 is 34.2 Å². The molecule has 0 aromatic carbocycles. The molecule has 1 heterocycles. The van der Waals surface area contributed by atoms with Crippen molar-refractivity contribution in [2.24, 2.45) is 0 Å². The van der Waals surface area contributed by atoms with E-state index in [1.807, 2.05) is 22.6 Å². The minimum Gasteiger partial charge on any atom is -0.505 e. The van der Waals surface area contributed by atoms with Gasteiger partial charge in [-0.25, -0.2) is 4.98 Å². The van der Waals surface area contributed by atoms with Crippen LogP contribution in [-0.4, -0.2) is 10.1 Å². The molecule has 0 spiro atoms. The molecule has 0 unspecified atom stereocenters. The Balaban J connectivity index is 3.17. The van der Waals surface area contributed by atoms with Crippen LogP contribution in [0.3, 0.4) is 0 Å². The molecule has 0 aliphatic heterocycles. The molecule has 0 radical (unpaired) electrons. The minimum atomic E-state index is 0.0251. The first-order chi connectivity index (χ1) is 4.20. The second kappa shape index (κ2) is 2.70. The first kappa shape index (κ1) is 7.08. The van der Waals surface area contributed by atoms with Crippen LogP contribution >= 0.6 is 34.2 Å². The van der Waals surface area contributed by atoms with Crippen molar-refractivity contribution in [2.45, 2.75) is 0 Å². The summed E-state index contributed by atoms with van der Waals surface area (Å²) in [5.41, 5.74) is 0. The maximum absolute atomic E-state index is 8.85. The molecule has 0 saturated carbocycles. The number of aromatic nitrogens is 1. The van der Waals surface area contributed by atoms with Crippen LogP contribution in [0.1, 0.15) is 0 Å². The molecule has 48 valence electrons. The van der Waals surface area contributed by atoms with Crippen molar-refractivity contribution in [3.63, 3.8) is 0 Å². The van der Waals surface area contributed by atoms with E-state index >= 15 is 0 Å². The first-order valence-electron chi connectivity index (χ1n) is 2.20. The topological polar surface area (TPSA) is 33.1 Å². The fourth-order valence-electron chi connectivity index (χ4n) is 0.400. The van der Waals surface area contributed by atoms with Gasteiger partial charge in [-0.2, -0.15) is 0 Å². The zero-order chi connectivity index (χ0) is 6.85. The zero-order valence-corrected chi connectivity index (χ0v) is 7.22. The SMILES string of the molecule is Oc1cnc(I)cc1Cl. The molecule has 0 atom stereocenters. The van der Waals surface area contributed by atoms with Gasteiger partial charge in [0.25, 0.3) is 0 Å². The van der Waals surface area contributed by atoms with E-state index in [1.165, 1.54) is 6.20 Å². The second-order valence-electron chi connectivity index (χ2n) is 1.46. The monoisotopic (exact) mass is 255 g/mol. The summed E-state index contributed by atoms with van der Waals surface area (Å²) in [4.78, 5) is 3.79. The lowest BCUT2D eigenvalue weighted by atomic mass is 10.5. The number of nitrogens with zero attached hydrogens (tertiary/aromatic N) is 1. The highest BCUT2D eigenvalue weighted by Gasteiger charge is 1.96. The van der Waals surface area contributed by atoms with Gasteiger partial charge in [-0.3, -0.25) is 0 Å². The van der Waals surface area contributed by atoms with Gasteiger partial charge in [0.15, 0.2) is 5.75 Å². The van der Waals surface area contributed by atoms with Crippen molar-refractivity contribution in [1.82, 2.24) is 4.98 Å². The van der Waals surface area contributed by atoms with Crippen molar-refractivity contribution < 1.29 is 5.11 Å². The van der Waals surface area contributed by atoms with Crippen LogP contribution in [0, 0.1) is 3.70 Å². The molecule has 0 amide bonds. The van der Waals surface area contributed by atoms with E-state index in [2.05, 4.69) is 4.98 Å². The Labute approximate surface area is 71.0 Å². The summed E-state index contributed by atoms with van der Waals surface area (Å²) in [5.74, 6) is 0.0251. The number of halogens is 2. The van der Waals surface area contributed by atoms with E-state index in [0.29, 0.717) is 5.02 Å². The van der Waals surface area contributed by atoms with Crippen LogP contribution in [0.4, 0.5) is 0 Å². The molecule has 2 nitrogen and oxygen atoms in total. The summed E-state index contributed by atoms with van der Waals surface area (Å²) in [6.45, 7) is 0. The highest BCUT2D eigenvalue weighted by molar-refractivity contribution is 14.1. The number of rotatable bonds is 0. The molecule has 0 bridgehead atoms. The van der Waals surface area contributed by atoms with E-state index in [4.69, 9.17) is 16.7 Å². The predicted molar refractivity (Wildman–Crippen MR) is 43.6 cm³/mol. The Kier molecular flexibility index (Phi) is 2.13. The Morgan fingerprint density at radius 1 is 1.67 bits per heavy atom. The highest BCUT2D eigenvalue weighted by Crippen LogP contribution is 2.21. The van der Waals surface area contributed by atoms with E-state index < -0.39 is 0 Å². The van der Waals surface area contributed by atoms with Crippen LogP contribution in [0.5, 0.6) is 5.75 Å². The normalized spacial score (nSPS) is 9.56. The summed E-state index contributed by atoms with van der Waals surface area (Å²) in [6, 6.07) is 1.59. The van der Waals surface area contributed by atoms with Crippen molar-refractivity contribution in [3.05, 3.63) is 21.0 Å². The van der Waals surface area contributed by atoms with Gasteiger partial charge in [-0.1, -0.05) is 11.6 Å². The standard InChI is InChI=1S/C5H3ClINO/c6-3-1-5(7)8-2-4(3)9/h1-2,9H. The lowest BCUT2D eigenvalue weighted by Gasteiger charge is -1.93. The Bertz CT molecular complexity index is 228. The first-order valence-corrected chi connectivity index (χ1v) is 3.66. The third-order valence-corrected chi connectivity index (χ3v) is 1.69. The summed E-state index contributed by atoms with van der Waals surface area (Å²) in [6.07, 6.45) is 1.32. The lowest BCUT2D eigenvalue weighted by Crippen LogP contribution is -1.77. The van der Waals surface area contributed by atoms with Gasteiger partial charge in [-0.15, -0.1) is 0 Å². The van der Waals surface area contributed by atoms with Crippen LogP contribution in [0.15, 0.2) is 12.3 Å². The van der Waals surface area contributed by atoms with Gasteiger partial charge in [0.1, 0.15) is 3.70 Å². The van der Waals surface area contributed by atoms with Crippen molar-refractivity contribution in [3.8, 4) is 5.75 Å². The largest absolute Gasteiger partial charge is 0.505 e. The Morgan fingerprint density at radius 3 is 2.78 bits per heavy atom. The molecule has 1 N–H and O–H groups in total. The molecule has 1 aromatic heterocycles. The molecule has 4 heteroatoms. The molecule has 1 aromatic rings. The molecular formula is C5H3ClINO. The number of pyridine rings is 1. The number of hydrogen-bond donors (Lipinski definition) is 1. The summed E-state index contributed by atoms with van der Waals surface area (Å²) < 4.78 is 0.774. The van der Waals surface area contributed by atoms with Gasteiger partial charge >= 0.3 is 0 Å². The van der Waals surface area contributed by atoms with E-state index in [-0.39, 0.29) is 5.75 Å². The number of aromatic hydroxyl groups is 1. The summed E-state index contributed by atoms with van der Waals surface area (Å²) in [5, 5.41) is 9.19. The highest BCUT2D eigenvalue weighted by atomic mass is 127. The van der Waals surface area contributed by atoms with E-state index in [9.17, 15) is 0 Å². The van der Waals surface area contributed by atoms with E-state index in [1.54, 1.807) is 6.07 Å². The van der Waals surface area contributed by atoms with Crippen molar-refractivity contribution in [2.75, 3.05) is 0 Å². The third-order valence-electron chi connectivity index (χ3n) is 0.801. The summed E-state index contributed by atoms with van der Waals surface area (Å²) in [7, 11) is 0. The fraction of sp³-hybridized carbons (Fsp3) is 0. The van der Waals surface area contributed by atoms with Crippen LogP contribution in [0.2, 0.25) is 5.02 Å². The summed E-state index contributed by atoms with van der Waals surface area (Å²) >= 11 is 7.53. The van der Waals surface area contributed by atoms with Crippen LogP contribution in [0.25, 0.3) is 0 Å². The molecule has 0 aliphatic carbocycles. The fourth-order valence-corrected chi connectivity index (χ4v) is 1.19. The zero-order valence-electron chi connectivity index (χ0n) is 4.31. The van der Waals surface area contributed by atoms with Crippen LogP contribution < -0.4 is 0 Å². The molecule has 9 heavy (non-hydrogen) atoms. The van der Waals surface area contributed by atoms with Gasteiger partial charge in [0.2, 0.25) is 0 Å². The lowest BCUT2D eigenvalue weighted by molar-refractivity contribution is 0.472. The Hall–Kier alpha value is -0.0300. The molecular weight excluding hydrogens is 252 g/mol. The smallest absolute Gasteiger partial charge is 0.152 e. The van der Waals surface area contributed by atoms with Gasteiger partial charge in [0.05, 0.1) is 11.2 Å². The number of hydrogen-bond acceptors (Lipinski definition) is 2. The molecule has 0 saturated heterocycles. The quantitative estimate of drug-likeness (QED) is 0.568. The van der Waals surface area contributed by atoms with Crippen LogP contribution in [-0.2, 0) is 0 Å². The maximum Gasteiger partial charge on any atom is 0.152 e. The van der Waals surface area contributed by atoms with Gasteiger partial charge < -0.3 is 5.11 Å². The average Bonchev–Trinajstić information content (AvgIpc) is 1.80. The maximum atomic E-state index is 8.85. The molecule has 1 rings (SSSR count). The van der Waals surface area contributed by atoms with E-state index in [0.717, 1.165) is 3.70 Å². The van der Waals surface area contributed by atoms with Gasteiger partial charge in [-0.05, 0) is 28.7 Å². The molecule has 0 aliphatic rings. The van der Waals surface area contributed by atoms with Gasteiger partial charge in [0, 0.05) is 0 Å².